The molecule has 0 fully saturated rings. The van der Waals surface area contributed by atoms with Crippen molar-refractivity contribution < 1.29 is 23.8 Å². The molecular formula is C28H30N2O5S. The highest BCUT2D eigenvalue weighted by Gasteiger charge is 2.40. The van der Waals surface area contributed by atoms with Gasteiger partial charge in [-0.05, 0) is 48.5 Å². The lowest BCUT2D eigenvalue weighted by atomic mass is 10.1. The number of carbonyl (C=O) groups excluding carboxylic acids is 2. The summed E-state index contributed by atoms with van der Waals surface area (Å²) in [5, 5.41) is 2.65. The summed E-state index contributed by atoms with van der Waals surface area (Å²) in [5.41, 5.74) is 2.69. The van der Waals surface area contributed by atoms with Gasteiger partial charge in [0.15, 0.2) is 6.10 Å². The fraction of sp³-hybridized carbons (Fsp3) is 0.286. The third-order valence-electron chi connectivity index (χ3n) is 5.83. The molecule has 2 atom stereocenters. The number of methoxy groups -OCH3 is 1. The number of esters is 1. The lowest BCUT2D eigenvalue weighted by molar-refractivity contribution is -0.152. The number of nitrogens with one attached hydrogen (secondary N) is 1. The second-order valence-electron chi connectivity index (χ2n) is 8.34. The highest BCUT2D eigenvalue weighted by Crippen LogP contribution is 2.48. The number of likely N-dealkylation sites (N-methyl/N-ethyl adjacent to an activating group) is 1. The maximum Gasteiger partial charge on any atom is 0.303 e. The summed E-state index contributed by atoms with van der Waals surface area (Å²) in [6.45, 7) is 2.78. The zero-order valence-electron chi connectivity index (χ0n) is 20.6. The molecule has 3 aromatic rings. The molecule has 36 heavy (non-hydrogen) atoms. The van der Waals surface area contributed by atoms with Gasteiger partial charge < -0.3 is 24.4 Å². The minimum atomic E-state index is -0.987. The van der Waals surface area contributed by atoms with Crippen molar-refractivity contribution in [2.24, 2.45) is 0 Å². The normalized spacial score (nSPS) is 17.2. The van der Waals surface area contributed by atoms with Crippen molar-refractivity contribution >= 4 is 29.3 Å². The van der Waals surface area contributed by atoms with Gasteiger partial charge in [-0.1, -0.05) is 42.5 Å². The maximum atomic E-state index is 13.8. The van der Waals surface area contributed by atoms with Crippen molar-refractivity contribution in [3.63, 3.8) is 0 Å². The van der Waals surface area contributed by atoms with Crippen LogP contribution in [-0.4, -0.2) is 45.2 Å². The minimum Gasteiger partial charge on any atom is -0.497 e. The van der Waals surface area contributed by atoms with Crippen LogP contribution in [0.15, 0.2) is 77.7 Å². The van der Waals surface area contributed by atoms with Gasteiger partial charge in [-0.25, -0.2) is 0 Å². The standard InChI is InChI=1S/C28H30N2O5S/c1-19(31)35-26-27(21-9-11-22(33-3)12-10-21)36-25-17-23(34-18-20-7-5-4-6-8-20)13-14-24(25)30(28(26)32)16-15-29-2/h4-14,17,26-27,29H,15-16,18H2,1-3H3/t26-,27+/m1/s1. The molecule has 0 aromatic heterocycles. The van der Waals surface area contributed by atoms with Crippen molar-refractivity contribution in [3.8, 4) is 11.5 Å². The molecule has 0 aliphatic carbocycles. The van der Waals surface area contributed by atoms with Gasteiger partial charge in [0.1, 0.15) is 18.1 Å². The number of amides is 1. The van der Waals surface area contributed by atoms with Gasteiger partial charge in [0.05, 0.1) is 18.0 Å². The molecule has 1 heterocycles. The number of hydrogen-bond donors (Lipinski definition) is 1. The topological polar surface area (TPSA) is 77.1 Å². The van der Waals surface area contributed by atoms with Crippen LogP contribution < -0.4 is 19.7 Å². The largest absolute Gasteiger partial charge is 0.497 e. The highest BCUT2D eigenvalue weighted by atomic mass is 32.2. The van der Waals surface area contributed by atoms with E-state index >= 15 is 0 Å². The van der Waals surface area contributed by atoms with Crippen LogP contribution in [-0.2, 0) is 20.9 Å². The van der Waals surface area contributed by atoms with E-state index in [1.165, 1.54) is 18.7 Å². The Kier molecular flexibility index (Phi) is 8.51. The van der Waals surface area contributed by atoms with Crippen LogP contribution in [0, 0.1) is 0 Å². The molecule has 4 rings (SSSR count). The highest BCUT2D eigenvalue weighted by molar-refractivity contribution is 7.99. The number of anilines is 1. The Labute approximate surface area is 215 Å². The summed E-state index contributed by atoms with van der Waals surface area (Å²) in [5.74, 6) is 0.648. The van der Waals surface area contributed by atoms with Crippen LogP contribution in [0.4, 0.5) is 5.69 Å². The molecule has 0 saturated carbocycles. The van der Waals surface area contributed by atoms with Crippen LogP contribution in [0.5, 0.6) is 11.5 Å². The van der Waals surface area contributed by atoms with E-state index < -0.39 is 17.3 Å². The first-order chi connectivity index (χ1) is 17.5. The molecule has 7 nitrogen and oxygen atoms in total. The van der Waals surface area contributed by atoms with Crippen molar-refractivity contribution in [1.82, 2.24) is 5.32 Å². The fourth-order valence-corrected chi connectivity index (χ4v) is 5.37. The number of carbonyl (C=O) groups is 2. The van der Waals surface area contributed by atoms with Gasteiger partial charge in [-0.2, -0.15) is 0 Å². The van der Waals surface area contributed by atoms with Crippen molar-refractivity contribution in [2.45, 2.75) is 29.8 Å². The molecule has 0 saturated heterocycles. The Morgan fingerprint density at radius 3 is 2.42 bits per heavy atom. The molecule has 1 amide bonds. The molecule has 0 spiro atoms. The van der Waals surface area contributed by atoms with E-state index in [-0.39, 0.29) is 5.91 Å². The zero-order valence-corrected chi connectivity index (χ0v) is 21.4. The van der Waals surface area contributed by atoms with Crippen LogP contribution in [0.1, 0.15) is 23.3 Å². The van der Waals surface area contributed by atoms with E-state index in [2.05, 4.69) is 5.32 Å². The van der Waals surface area contributed by atoms with E-state index in [0.717, 1.165) is 21.7 Å². The second kappa shape index (κ2) is 12.0. The van der Waals surface area contributed by atoms with E-state index in [9.17, 15) is 9.59 Å². The van der Waals surface area contributed by atoms with Gasteiger partial charge >= 0.3 is 5.97 Å². The molecule has 0 bridgehead atoms. The zero-order chi connectivity index (χ0) is 25.5. The molecular weight excluding hydrogens is 476 g/mol. The van der Waals surface area contributed by atoms with Crippen molar-refractivity contribution in [1.29, 1.82) is 0 Å². The summed E-state index contributed by atoms with van der Waals surface area (Å²) in [6.07, 6.45) is -0.987. The number of nitrogens with zero attached hydrogens (tertiary/aromatic N) is 1. The molecule has 0 unspecified atom stereocenters. The summed E-state index contributed by atoms with van der Waals surface area (Å²) in [7, 11) is 3.44. The van der Waals surface area contributed by atoms with Gasteiger partial charge in [0.25, 0.3) is 5.91 Å². The Balaban J connectivity index is 1.72. The number of rotatable bonds is 9. The third kappa shape index (κ3) is 6.01. The first-order valence-corrected chi connectivity index (χ1v) is 12.6. The average molecular weight is 507 g/mol. The van der Waals surface area contributed by atoms with Crippen LogP contribution in [0.2, 0.25) is 0 Å². The molecule has 1 aliphatic rings. The summed E-state index contributed by atoms with van der Waals surface area (Å²) >= 11 is 1.49. The van der Waals surface area contributed by atoms with Crippen molar-refractivity contribution in [2.75, 3.05) is 32.1 Å². The fourth-order valence-electron chi connectivity index (χ4n) is 4.02. The molecule has 1 aliphatic heterocycles. The van der Waals surface area contributed by atoms with Crippen LogP contribution in [0.25, 0.3) is 0 Å². The number of ether oxygens (including phenoxy) is 3. The number of benzene rings is 3. The smallest absolute Gasteiger partial charge is 0.303 e. The lowest BCUT2D eigenvalue weighted by Gasteiger charge is -2.27. The van der Waals surface area contributed by atoms with E-state index in [0.29, 0.717) is 31.2 Å². The van der Waals surface area contributed by atoms with Crippen molar-refractivity contribution in [3.05, 3.63) is 83.9 Å². The SMILES string of the molecule is CNCCN1C(=O)[C@H](OC(C)=O)[C@H](c2ccc(OC)cc2)Sc2cc(OCc3ccccc3)ccc21. The Bertz CT molecular complexity index is 1190. The summed E-state index contributed by atoms with van der Waals surface area (Å²) < 4.78 is 17.0. The lowest BCUT2D eigenvalue weighted by Crippen LogP contribution is -2.45. The number of thioether (sulfide) groups is 1. The van der Waals surface area contributed by atoms with E-state index in [1.54, 1.807) is 12.0 Å². The molecule has 0 radical (unpaired) electrons. The quantitative estimate of drug-likeness (QED) is 0.425. The number of fused-ring (bicyclic) bond motifs is 1. The van der Waals surface area contributed by atoms with Crippen LogP contribution >= 0.6 is 11.8 Å². The average Bonchev–Trinajstić information content (AvgIpc) is 3.01. The first-order valence-electron chi connectivity index (χ1n) is 11.7. The van der Waals surface area contributed by atoms with Crippen LogP contribution in [0.3, 0.4) is 0 Å². The predicted molar refractivity (Wildman–Crippen MR) is 141 cm³/mol. The summed E-state index contributed by atoms with van der Waals surface area (Å²) in [6, 6.07) is 23.2. The Hall–Kier alpha value is -3.49. The van der Waals surface area contributed by atoms with Gasteiger partial charge in [-0.15, -0.1) is 11.8 Å². The maximum absolute atomic E-state index is 13.8. The molecule has 188 valence electrons. The number of hydrogen-bond acceptors (Lipinski definition) is 7. The second-order valence-corrected chi connectivity index (χ2v) is 9.52. The van der Waals surface area contributed by atoms with E-state index in [1.807, 2.05) is 79.8 Å². The van der Waals surface area contributed by atoms with Gasteiger partial charge in [-0.3, -0.25) is 9.59 Å². The van der Waals surface area contributed by atoms with Gasteiger partial charge in [0, 0.05) is 24.9 Å². The Morgan fingerprint density at radius 2 is 1.75 bits per heavy atom. The van der Waals surface area contributed by atoms with Gasteiger partial charge in [0.2, 0.25) is 0 Å². The first kappa shape index (κ1) is 25.6. The monoisotopic (exact) mass is 506 g/mol. The molecule has 1 N–H and O–H groups in total. The van der Waals surface area contributed by atoms with E-state index in [4.69, 9.17) is 14.2 Å². The summed E-state index contributed by atoms with van der Waals surface area (Å²) in [4.78, 5) is 28.4. The third-order valence-corrected chi connectivity index (χ3v) is 7.19. The molecule has 3 aromatic carbocycles. The minimum absolute atomic E-state index is 0.259. The molecule has 8 heteroatoms. The Morgan fingerprint density at radius 1 is 1.03 bits per heavy atom. The predicted octanol–water partition coefficient (Wildman–Crippen LogP) is 4.61.